The second-order valence-electron chi connectivity index (χ2n) is 4.57. The molecule has 0 unspecified atom stereocenters. The summed E-state index contributed by atoms with van der Waals surface area (Å²) in [6.07, 6.45) is 0. The number of alkyl halides is 1. The molecule has 0 atom stereocenters. The zero-order chi connectivity index (χ0) is 13.8. The van der Waals surface area contributed by atoms with Gasteiger partial charge >= 0.3 is 0 Å². The molecule has 0 aliphatic rings. The fourth-order valence-electron chi connectivity index (χ4n) is 2.06. The number of fused-ring (bicyclic) bond motifs is 1. The fourth-order valence-corrected chi connectivity index (χ4v) is 2.23. The first-order valence-electron chi connectivity index (χ1n) is 6.47. The van der Waals surface area contributed by atoms with Crippen molar-refractivity contribution in [3.8, 4) is 5.75 Å². The Bertz CT molecular complexity index is 727. The van der Waals surface area contributed by atoms with E-state index >= 15 is 0 Å². The number of halogens is 1. The minimum Gasteiger partial charge on any atom is -0.487 e. The first-order chi connectivity index (χ1) is 9.85. The maximum Gasteiger partial charge on any atom is 0.130 e. The lowest BCUT2D eigenvalue weighted by Gasteiger charge is -2.07. The van der Waals surface area contributed by atoms with E-state index in [4.69, 9.17) is 16.3 Å². The monoisotopic (exact) mass is 283 g/mol. The fraction of sp³-hybridized carbons (Fsp3) is 0.118. The predicted octanol–water partition coefficient (Wildman–Crippen LogP) is 4.55. The molecule has 0 fully saturated rings. The van der Waals surface area contributed by atoms with Crippen molar-refractivity contribution in [2.45, 2.75) is 12.5 Å². The topological polar surface area (TPSA) is 22.1 Å². The summed E-state index contributed by atoms with van der Waals surface area (Å²) >= 11 is 5.81. The number of ether oxygens (including phenoxy) is 1. The van der Waals surface area contributed by atoms with Gasteiger partial charge in [0.1, 0.15) is 12.4 Å². The summed E-state index contributed by atoms with van der Waals surface area (Å²) in [4.78, 5) is 4.58. The number of aromatic nitrogens is 1. The molecule has 20 heavy (non-hydrogen) atoms. The van der Waals surface area contributed by atoms with Crippen LogP contribution in [0.5, 0.6) is 5.75 Å². The van der Waals surface area contributed by atoms with Crippen molar-refractivity contribution in [2.24, 2.45) is 0 Å². The Morgan fingerprint density at radius 2 is 1.85 bits per heavy atom. The van der Waals surface area contributed by atoms with Crippen molar-refractivity contribution >= 4 is 22.5 Å². The number of rotatable bonds is 4. The van der Waals surface area contributed by atoms with Gasteiger partial charge in [0, 0.05) is 11.3 Å². The van der Waals surface area contributed by atoms with Crippen LogP contribution in [0.2, 0.25) is 0 Å². The molecule has 1 heterocycles. The van der Waals surface area contributed by atoms with Gasteiger partial charge in [0.2, 0.25) is 0 Å². The molecule has 2 aromatic carbocycles. The van der Waals surface area contributed by atoms with E-state index in [9.17, 15) is 0 Å². The quantitative estimate of drug-likeness (QED) is 0.655. The number of nitrogens with zero attached hydrogens (tertiary/aromatic N) is 1. The molecule has 100 valence electrons. The Kier molecular flexibility index (Phi) is 3.84. The van der Waals surface area contributed by atoms with Crippen molar-refractivity contribution in [1.29, 1.82) is 0 Å². The van der Waals surface area contributed by atoms with Crippen LogP contribution in [0.15, 0.2) is 60.7 Å². The van der Waals surface area contributed by atoms with E-state index < -0.39 is 0 Å². The smallest absolute Gasteiger partial charge is 0.130 e. The molecule has 0 saturated heterocycles. The average Bonchev–Trinajstić information content (AvgIpc) is 2.53. The number of hydrogen-bond donors (Lipinski definition) is 0. The highest BCUT2D eigenvalue weighted by atomic mass is 35.5. The second-order valence-corrected chi connectivity index (χ2v) is 4.83. The summed E-state index contributed by atoms with van der Waals surface area (Å²) in [5.74, 6) is 1.31. The highest BCUT2D eigenvalue weighted by Gasteiger charge is 2.00. The predicted molar refractivity (Wildman–Crippen MR) is 82.1 cm³/mol. The van der Waals surface area contributed by atoms with Crippen LogP contribution in [0.1, 0.15) is 11.3 Å². The Hall–Kier alpha value is -2.06. The van der Waals surface area contributed by atoms with Gasteiger partial charge in [-0.05, 0) is 29.8 Å². The standard InChI is InChI=1S/C17H14ClNO/c18-11-13-4-3-6-16(10-13)20-12-15-9-8-14-5-1-2-7-17(14)19-15/h1-10H,11-12H2. The second kappa shape index (κ2) is 5.93. The van der Waals surface area contributed by atoms with Gasteiger partial charge in [-0.15, -0.1) is 11.6 Å². The molecule has 0 N–H and O–H groups in total. The first kappa shape index (κ1) is 12.9. The third-order valence-corrected chi connectivity index (χ3v) is 3.40. The largest absolute Gasteiger partial charge is 0.487 e. The summed E-state index contributed by atoms with van der Waals surface area (Å²) in [5.41, 5.74) is 2.96. The maximum atomic E-state index is 5.81. The van der Waals surface area contributed by atoms with Crippen LogP contribution in [-0.4, -0.2) is 4.98 Å². The molecule has 0 spiro atoms. The third-order valence-electron chi connectivity index (χ3n) is 3.10. The highest BCUT2D eigenvalue weighted by molar-refractivity contribution is 6.17. The van der Waals surface area contributed by atoms with E-state index in [2.05, 4.69) is 17.1 Å². The van der Waals surface area contributed by atoms with Gasteiger partial charge in [0.15, 0.2) is 0 Å². The van der Waals surface area contributed by atoms with Gasteiger partial charge in [0.05, 0.1) is 11.2 Å². The third kappa shape index (κ3) is 2.91. The maximum absolute atomic E-state index is 5.81. The van der Waals surface area contributed by atoms with Crippen molar-refractivity contribution < 1.29 is 4.74 Å². The van der Waals surface area contributed by atoms with Crippen LogP contribution < -0.4 is 4.74 Å². The van der Waals surface area contributed by atoms with Gasteiger partial charge < -0.3 is 4.74 Å². The molecule has 0 aliphatic carbocycles. The molecular formula is C17H14ClNO. The van der Waals surface area contributed by atoms with Crippen LogP contribution >= 0.6 is 11.6 Å². The minimum atomic E-state index is 0.455. The lowest BCUT2D eigenvalue weighted by atomic mass is 10.2. The van der Waals surface area contributed by atoms with Gasteiger partial charge in [-0.3, -0.25) is 0 Å². The zero-order valence-electron chi connectivity index (χ0n) is 10.9. The zero-order valence-corrected chi connectivity index (χ0v) is 11.7. The highest BCUT2D eigenvalue weighted by Crippen LogP contribution is 2.17. The van der Waals surface area contributed by atoms with Crippen LogP contribution in [0.4, 0.5) is 0 Å². The summed E-state index contributed by atoms with van der Waals surface area (Å²) in [7, 11) is 0. The van der Waals surface area contributed by atoms with E-state index in [0.29, 0.717) is 12.5 Å². The molecular weight excluding hydrogens is 270 g/mol. The Labute approximate surface area is 123 Å². The lowest BCUT2D eigenvalue weighted by molar-refractivity contribution is 0.301. The number of benzene rings is 2. The van der Waals surface area contributed by atoms with Crippen LogP contribution in [0, 0.1) is 0 Å². The van der Waals surface area contributed by atoms with Crippen molar-refractivity contribution in [3.63, 3.8) is 0 Å². The van der Waals surface area contributed by atoms with Crippen LogP contribution in [0.3, 0.4) is 0 Å². The first-order valence-corrected chi connectivity index (χ1v) is 7.01. The van der Waals surface area contributed by atoms with E-state index in [0.717, 1.165) is 27.9 Å². The van der Waals surface area contributed by atoms with E-state index in [1.807, 2.05) is 48.5 Å². The molecule has 0 aliphatic heterocycles. The van der Waals surface area contributed by atoms with Gasteiger partial charge in [-0.1, -0.05) is 36.4 Å². The molecule has 0 bridgehead atoms. The molecule has 0 amide bonds. The van der Waals surface area contributed by atoms with Gasteiger partial charge in [0.25, 0.3) is 0 Å². The van der Waals surface area contributed by atoms with Gasteiger partial charge in [-0.25, -0.2) is 4.98 Å². The summed E-state index contributed by atoms with van der Waals surface area (Å²) < 4.78 is 5.76. The lowest BCUT2D eigenvalue weighted by Crippen LogP contribution is -1.98. The van der Waals surface area contributed by atoms with Crippen molar-refractivity contribution in [1.82, 2.24) is 4.98 Å². The number of para-hydroxylation sites is 1. The summed E-state index contributed by atoms with van der Waals surface area (Å²) in [5, 5.41) is 1.14. The molecule has 3 heteroatoms. The van der Waals surface area contributed by atoms with E-state index in [1.165, 1.54) is 0 Å². The van der Waals surface area contributed by atoms with Crippen molar-refractivity contribution in [2.75, 3.05) is 0 Å². The van der Waals surface area contributed by atoms with Crippen LogP contribution in [-0.2, 0) is 12.5 Å². The van der Waals surface area contributed by atoms with Crippen molar-refractivity contribution in [3.05, 3.63) is 71.9 Å². The van der Waals surface area contributed by atoms with Crippen LogP contribution in [0.25, 0.3) is 10.9 Å². The number of hydrogen-bond acceptors (Lipinski definition) is 2. The minimum absolute atomic E-state index is 0.455. The van der Waals surface area contributed by atoms with E-state index in [1.54, 1.807) is 0 Å². The molecule has 1 aromatic heterocycles. The van der Waals surface area contributed by atoms with E-state index in [-0.39, 0.29) is 0 Å². The molecule has 0 saturated carbocycles. The van der Waals surface area contributed by atoms with Gasteiger partial charge in [-0.2, -0.15) is 0 Å². The Morgan fingerprint density at radius 3 is 2.75 bits per heavy atom. The molecule has 3 aromatic rings. The number of pyridine rings is 1. The normalized spacial score (nSPS) is 10.7. The summed E-state index contributed by atoms with van der Waals surface area (Å²) in [6, 6.07) is 19.9. The molecule has 3 rings (SSSR count). The SMILES string of the molecule is ClCc1cccc(OCc2ccc3ccccc3n2)c1. The average molecular weight is 284 g/mol. The molecule has 0 radical (unpaired) electrons. The Balaban J connectivity index is 1.76. The summed E-state index contributed by atoms with van der Waals surface area (Å²) in [6.45, 7) is 0.455. The molecule has 2 nitrogen and oxygen atoms in total. The Morgan fingerprint density at radius 1 is 0.950 bits per heavy atom.